The monoisotopic (exact) mass is 440 g/mol. The van der Waals surface area contributed by atoms with Crippen molar-refractivity contribution in [3.8, 4) is 0 Å². The van der Waals surface area contributed by atoms with E-state index in [9.17, 15) is 26.4 Å². The summed E-state index contributed by atoms with van der Waals surface area (Å²) in [5.74, 6) is -2.52. The summed E-state index contributed by atoms with van der Waals surface area (Å²) in [5, 5.41) is 7.12. The second-order valence-electron chi connectivity index (χ2n) is 5.78. The molecule has 0 radical (unpaired) electrons. The van der Waals surface area contributed by atoms with E-state index in [4.69, 9.17) is 19.8 Å². The quantitative estimate of drug-likeness (QED) is 0.647. The van der Waals surface area contributed by atoms with E-state index in [2.05, 4.69) is 9.98 Å². The Labute approximate surface area is 164 Å². The van der Waals surface area contributed by atoms with E-state index in [0.717, 1.165) is 6.26 Å². The van der Waals surface area contributed by atoms with E-state index >= 15 is 0 Å². The van der Waals surface area contributed by atoms with Gasteiger partial charge in [-0.3, -0.25) is 14.0 Å². The Morgan fingerprint density at radius 3 is 2.28 bits per heavy atom. The summed E-state index contributed by atoms with van der Waals surface area (Å²) in [7, 11) is -1.93. The van der Waals surface area contributed by atoms with E-state index in [0.29, 0.717) is 28.5 Å². The first-order valence-electron chi connectivity index (χ1n) is 7.82. The molecule has 1 aromatic rings. The van der Waals surface area contributed by atoms with Gasteiger partial charge in [-0.2, -0.15) is 21.6 Å². The summed E-state index contributed by atoms with van der Waals surface area (Å²) in [6.07, 6.45) is -4.11. The number of carbonyl (C=O) groups is 2. The van der Waals surface area contributed by atoms with E-state index in [1.165, 1.54) is 0 Å². The van der Waals surface area contributed by atoms with Crippen LogP contribution in [0.5, 0.6) is 0 Å². The molecule has 10 nitrogen and oxygen atoms in total. The van der Waals surface area contributed by atoms with Gasteiger partial charge in [-0.1, -0.05) is 0 Å². The lowest BCUT2D eigenvalue weighted by atomic mass is 9.95. The molecule has 0 spiro atoms. The molecule has 1 aliphatic rings. The molecule has 2 rings (SSSR count). The minimum atomic E-state index is -5.08. The van der Waals surface area contributed by atoms with Gasteiger partial charge in [-0.15, -0.1) is 0 Å². The highest BCUT2D eigenvalue weighted by Gasteiger charge is 2.38. The number of carboxylic acids is 1. The number of nitrogens with two attached hydrogens (primary N) is 1. The topological polar surface area (TPSA) is 154 Å². The average Bonchev–Trinajstić information content (AvgIpc) is 2.88. The molecule has 0 amide bonds. The molecule has 0 atom stereocenters. The average molecular weight is 440 g/mol. The number of aliphatic imine (C=N–C) groups is 1. The summed E-state index contributed by atoms with van der Waals surface area (Å²) in [6, 6.07) is 0. The summed E-state index contributed by atoms with van der Waals surface area (Å²) in [5.41, 5.74) is 7.93. The van der Waals surface area contributed by atoms with Crippen molar-refractivity contribution in [1.82, 2.24) is 9.55 Å². The van der Waals surface area contributed by atoms with Gasteiger partial charge in [0.15, 0.2) is 0 Å². The molecule has 14 heteroatoms. The molecule has 162 valence electrons. The third-order valence-corrected chi connectivity index (χ3v) is 4.27. The first kappa shape index (κ1) is 24.3. The number of hydrogen-bond donors (Lipinski definition) is 2. The third kappa shape index (κ3) is 5.87. The standard InChI is InChI=1S/C13H18N4O4S.C2HF3O2/c1-7-9(14)13(18)12-11(10(7)15-3)16-8(2)17(12)5-6-21-22(4,19)20;3-2(4,5)1(6)7/h5-6,14H2,1-4H3;(H,6,7). The second kappa shape index (κ2) is 8.73. The number of rotatable bonds is 4. The van der Waals surface area contributed by atoms with Crippen LogP contribution in [0.2, 0.25) is 0 Å². The maximum absolute atomic E-state index is 12.4. The molecule has 0 aromatic carbocycles. The van der Waals surface area contributed by atoms with Crippen LogP contribution in [0.3, 0.4) is 0 Å². The lowest BCUT2D eigenvalue weighted by Crippen LogP contribution is -2.28. The number of nitrogens with zero attached hydrogens (tertiary/aromatic N) is 3. The molecular weight excluding hydrogens is 421 g/mol. The summed E-state index contributed by atoms with van der Waals surface area (Å²) in [4.78, 5) is 29.8. The van der Waals surface area contributed by atoms with Crippen LogP contribution in [0, 0.1) is 6.92 Å². The number of aryl methyl sites for hydroxylation is 1. The highest BCUT2D eigenvalue weighted by atomic mass is 32.2. The maximum Gasteiger partial charge on any atom is 0.490 e. The number of carbonyl (C=O) groups excluding carboxylic acids is 1. The first-order valence-corrected chi connectivity index (χ1v) is 9.63. The van der Waals surface area contributed by atoms with Crippen molar-refractivity contribution < 1.29 is 40.5 Å². The largest absolute Gasteiger partial charge is 0.490 e. The number of aromatic nitrogens is 2. The van der Waals surface area contributed by atoms with Gasteiger partial charge in [-0.05, 0) is 13.8 Å². The minimum absolute atomic E-state index is 0.0864. The fourth-order valence-electron chi connectivity index (χ4n) is 2.39. The van der Waals surface area contributed by atoms with E-state index in [1.54, 1.807) is 25.5 Å². The van der Waals surface area contributed by atoms with Gasteiger partial charge in [-0.25, -0.2) is 9.78 Å². The number of fused-ring (bicyclic) bond motifs is 1. The Bertz CT molecular complexity index is 992. The highest BCUT2D eigenvalue weighted by Crippen LogP contribution is 2.25. The number of alkyl halides is 3. The van der Waals surface area contributed by atoms with Crippen LogP contribution in [0.4, 0.5) is 13.2 Å². The van der Waals surface area contributed by atoms with Crippen LogP contribution < -0.4 is 5.73 Å². The maximum atomic E-state index is 12.4. The third-order valence-electron chi connectivity index (χ3n) is 3.68. The number of ketones is 1. The molecule has 3 N–H and O–H groups in total. The normalized spacial score (nSPS) is 15.8. The molecular formula is C15H19F3N4O6S. The van der Waals surface area contributed by atoms with Gasteiger partial charge in [0.2, 0.25) is 5.78 Å². The van der Waals surface area contributed by atoms with E-state index in [-0.39, 0.29) is 24.6 Å². The Morgan fingerprint density at radius 1 is 1.34 bits per heavy atom. The molecule has 0 aliphatic heterocycles. The Balaban J connectivity index is 0.000000516. The fourth-order valence-corrected chi connectivity index (χ4v) is 2.77. The number of halogens is 3. The predicted octanol–water partition coefficient (Wildman–Crippen LogP) is 0.649. The summed E-state index contributed by atoms with van der Waals surface area (Å²) >= 11 is 0. The summed E-state index contributed by atoms with van der Waals surface area (Å²) < 4.78 is 60.1. The zero-order chi connectivity index (χ0) is 22.7. The summed E-state index contributed by atoms with van der Waals surface area (Å²) in [6.45, 7) is 3.54. The molecule has 1 heterocycles. The van der Waals surface area contributed by atoms with Crippen molar-refractivity contribution in [2.24, 2.45) is 10.7 Å². The van der Waals surface area contributed by atoms with Gasteiger partial charge < -0.3 is 15.4 Å². The fraction of sp³-hybridized carbons (Fsp3) is 0.467. The van der Waals surface area contributed by atoms with Crippen LogP contribution >= 0.6 is 0 Å². The molecule has 29 heavy (non-hydrogen) atoms. The zero-order valence-electron chi connectivity index (χ0n) is 15.9. The minimum Gasteiger partial charge on any atom is -0.475 e. The van der Waals surface area contributed by atoms with Crippen molar-refractivity contribution in [1.29, 1.82) is 0 Å². The second-order valence-corrected chi connectivity index (χ2v) is 7.42. The number of Topliss-reactive ketones (excluding diaryl/α,β-unsaturated/α-hetero) is 1. The number of imidazole rings is 1. The van der Waals surface area contributed by atoms with Gasteiger partial charge in [0.05, 0.1) is 24.3 Å². The zero-order valence-corrected chi connectivity index (χ0v) is 16.7. The van der Waals surface area contributed by atoms with Gasteiger partial charge >= 0.3 is 12.1 Å². The van der Waals surface area contributed by atoms with Gasteiger partial charge in [0, 0.05) is 19.2 Å². The lowest BCUT2D eigenvalue weighted by molar-refractivity contribution is -0.192. The first-order chi connectivity index (χ1) is 13.1. The van der Waals surface area contributed by atoms with Crippen LogP contribution in [0.1, 0.15) is 28.9 Å². The van der Waals surface area contributed by atoms with Crippen LogP contribution in [0.15, 0.2) is 16.3 Å². The van der Waals surface area contributed by atoms with Gasteiger partial charge in [0.1, 0.15) is 17.2 Å². The Morgan fingerprint density at radius 2 is 1.86 bits per heavy atom. The Kier molecular flexibility index (Phi) is 7.32. The van der Waals surface area contributed by atoms with Gasteiger partial charge in [0.25, 0.3) is 10.1 Å². The smallest absolute Gasteiger partial charge is 0.475 e. The highest BCUT2D eigenvalue weighted by molar-refractivity contribution is 7.85. The van der Waals surface area contributed by atoms with E-state index in [1.807, 2.05) is 0 Å². The van der Waals surface area contributed by atoms with Crippen LogP contribution in [-0.2, 0) is 25.6 Å². The van der Waals surface area contributed by atoms with Crippen molar-refractivity contribution in [3.63, 3.8) is 0 Å². The Hall–Kier alpha value is -2.74. The van der Waals surface area contributed by atoms with Crippen molar-refractivity contribution in [2.75, 3.05) is 19.9 Å². The van der Waals surface area contributed by atoms with Crippen molar-refractivity contribution >= 4 is 27.6 Å². The van der Waals surface area contributed by atoms with Crippen LogP contribution in [0.25, 0.3) is 0 Å². The molecule has 1 aliphatic carbocycles. The number of carboxylic acid groups (broad SMARTS) is 1. The molecule has 1 aromatic heterocycles. The molecule has 0 bridgehead atoms. The lowest BCUT2D eigenvalue weighted by Gasteiger charge is -2.17. The predicted molar refractivity (Wildman–Crippen MR) is 95.1 cm³/mol. The van der Waals surface area contributed by atoms with Crippen molar-refractivity contribution in [3.05, 3.63) is 28.5 Å². The molecule has 0 unspecified atom stereocenters. The van der Waals surface area contributed by atoms with Crippen molar-refractivity contribution in [2.45, 2.75) is 26.6 Å². The van der Waals surface area contributed by atoms with E-state index < -0.39 is 22.3 Å². The number of allylic oxidation sites excluding steroid dienone is 2. The molecule has 0 saturated heterocycles. The number of hydrogen-bond acceptors (Lipinski definition) is 8. The molecule has 0 saturated carbocycles. The number of aliphatic carboxylic acids is 1. The molecule has 0 fully saturated rings. The SMILES string of the molecule is CN=C1C(C)=C(N)C(=O)c2c1nc(C)n2CCOS(C)(=O)=O.O=C(O)C(F)(F)F. The van der Waals surface area contributed by atoms with Crippen LogP contribution in [-0.4, -0.2) is 66.6 Å².